The smallest absolute Gasteiger partial charge is 0.0494 e. The number of hydrogen-bond donors (Lipinski definition) is 0. The summed E-state index contributed by atoms with van der Waals surface area (Å²) in [7, 11) is 2.19. The van der Waals surface area contributed by atoms with Gasteiger partial charge in [0, 0.05) is 37.2 Å². The van der Waals surface area contributed by atoms with Gasteiger partial charge in [-0.2, -0.15) is 0 Å². The molecule has 0 spiro atoms. The molecule has 0 saturated carbocycles. The Balaban J connectivity index is 2.18. The van der Waals surface area contributed by atoms with E-state index in [1.165, 1.54) is 11.3 Å². The number of halogens is 1. The lowest BCUT2D eigenvalue weighted by Gasteiger charge is -2.39. The van der Waals surface area contributed by atoms with Crippen LogP contribution in [0.3, 0.4) is 0 Å². The van der Waals surface area contributed by atoms with Crippen molar-refractivity contribution in [1.29, 1.82) is 0 Å². The highest BCUT2D eigenvalue weighted by molar-refractivity contribution is 6.17. The van der Waals surface area contributed by atoms with E-state index in [9.17, 15) is 0 Å². The minimum atomic E-state index is 0.594. The van der Waals surface area contributed by atoms with Crippen LogP contribution in [0.15, 0.2) is 24.3 Å². The van der Waals surface area contributed by atoms with Crippen molar-refractivity contribution in [2.45, 2.75) is 18.8 Å². The van der Waals surface area contributed by atoms with E-state index in [-0.39, 0.29) is 0 Å². The zero-order chi connectivity index (χ0) is 11.5. The fraction of sp³-hybridized carbons (Fsp3) is 0.538. The number of alkyl halides is 1. The van der Waals surface area contributed by atoms with Gasteiger partial charge in [0.1, 0.15) is 0 Å². The maximum absolute atomic E-state index is 5.98. The highest BCUT2D eigenvalue weighted by Gasteiger charge is 2.21. The normalized spacial score (nSPS) is 22.4. The summed E-state index contributed by atoms with van der Waals surface area (Å²) < 4.78 is 0. The fourth-order valence-corrected chi connectivity index (χ4v) is 2.43. The predicted octanol–water partition coefficient (Wildman–Crippen LogP) is 2.57. The third-order valence-corrected chi connectivity index (χ3v) is 3.72. The van der Waals surface area contributed by atoms with Gasteiger partial charge < -0.3 is 9.80 Å². The number of rotatable bonds is 2. The van der Waals surface area contributed by atoms with Crippen molar-refractivity contribution in [3.05, 3.63) is 29.8 Å². The van der Waals surface area contributed by atoms with E-state index in [4.69, 9.17) is 11.6 Å². The van der Waals surface area contributed by atoms with Crippen molar-refractivity contribution in [2.24, 2.45) is 0 Å². The quantitative estimate of drug-likeness (QED) is 0.731. The summed E-state index contributed by atoms with van der Waals surface area (Å²) in [4.78, 5) is 4.85. The number of benzene rings is 1. The molecule has 1 aromatic carbocycles. The standard InChI is InChI=1S/C13H19ClN2/c1-11-10-16(8-7-15(11)2)13-6-4-3-5-12(13)9-14/h3-6,11H,7-10H2,1-2H3. The van der Waals surface area contributed by atoms with Crippen LogP contribution >= 0.6 is 11.6 Å². The summed E-state index contributed by atoms with van der Waals surface area (Å²) >= 11 is 5.98. The van der Waals surface area contributed by atoms with Crippen molar-refractivity contribution in [1.82, 2.24) is 4.90 Å². The number of likely N-dealkylation sites (N-methyl/N-ethyl adjacent to an activating group) is 1. The second-order valence-corrected chi connectivity index (χ2v) is 4.81. The molecule has 0 radical (unpaired) electrons. The summed E-state index contributed by atoms with van der Waals surface area (Å²) in [6, 6.07) is 9.05. The number of anilines is 1. The molecule has 1 unspecified atom stereocenters. The lowest BCUT2D eigenvalue weighted by Crippen LogP contribution is -2.50. The fourth-order valence-electron chi connectivity index (χ4n) is 2.20. The molecule has 2 rings (SSSR count). The number of para-hydroxylation sites is 1. The van der Waals surface area contributed by atoms with Crippen LogP contribution in [0.1, 0.15) is 12.5 Å². The molecule has 0 amide bonds. The molecular weight excluding hydrogens is 220 g/mol. The van der Waals surface area contributed by atoms with Gasteiger partial charge in [-0.1, -0.05) is 18.2 Å². The van der Waals surface area contributed by atoms with E-state index in [1.54, 1.807) is 0 Å². The molecule has 1 heterocycles. The van der Waals surface area contributed by atoms with Crippen LogP contribution in [-0.4, -0.2) is 37.6 Å². The summed E-state index contributed by atoms with van der Waals surface area (Å²) in [6.07, 6.45) is 0. The van der Waals surface area contributed by atoms with Crippen molar-refractivity contribution >= 4 is 17.3 Å². The summed E-state index contributed by atoms with van der Waals surface area (Å²) in [5.74, 6) is 0.594. The Bertz CT molecular complexity index is 354. The maximum Gasteiger partial charge on any atom is 0.0494 e. The van der Waals surface area contributed by atoms with Crippen LogP contribution in [0.4, 0.5) is 5.69 Å². The van der Waals surface area contributed by atoms with E-state index >= 15 is 0 Å². The zero-order valence-electron chi connectivity index (χ0n) is 9.99. The Morgan fingerprint density at radius 3 is 2.75 bits per heavy atom. The average molecular weight is 239 g/mol. The Labute approximate surface area is 103 Å². The topological polar surface area (TPSA) is 6.48 Å². The third kappa shape index (κ3) is 2.33. The van der Waals surface area contributed by atoms with Gasteiger partial charge in [-0.3, -0.25) is 0 Å². The van der Waals surface area contributed by atoms with Crippen molar-refractivity contribution < 1.29 is 0 Å². The number of piperazine rings is 1. The van der Waals surface area contributed by atoms with Gasteiger partial charge >= 0.3 is 0 Å². The van der Waals surface area contributed by atoms with Crippen molar-refractivity contribution in [3.63, 3.8) is 0 Å². The Hall–Kier alpha value is -0.730. The van der Waals surface area contributed by atoms with Gasteiger partial charge in [0.05, 0.1) is 0 Å². The molecule has 0 N–H and O–H groups in total. The largest absolute Gasteiger partial charge is 0.368 e. The summed E-state index contributed by atoms with van der Waals surface area (Å²) in [6.45, 7) is 5.58. The zero-order valence-corrected chi connectivity index (χ0v) is 10.7. The summed E-state index contributed by atoms with van der Waals surface area (Å²) in [5, 5.41) is 0. The van der Waals surface area contributed by atoms with E-state index in [0.29, 0.717) is 11.9 Å². The first-order chi connectivity index (χ1) is 7.72. The molecule has 2 nitrogen and oxygen atoms in total. The lowest BCUT2D eigenvalue weighted by molar-refractivity contribution is 0.234. The Morgan fingerprint density at radius 2 is 2.06 bits per heavy atom. The predicted molar refractivity (Wildman–Crippen MR) is 70.3 cm³/mol. The molecule has 1 aromatic rings. The van der Waals surface area contributed by atoms with Crippen LogP contribution in [0.2, 0.25) is 0 Å². The molecule has 0 aromatic heterocycles. The molecule has 0 bridgehead atoms. The molecule has 3 heteroatoms. The van der Waals surface area contributed by atoms with Gasteiger partial charge in [-0.15, -0.1) is 11.6 Å². The van der Waals surface area contributed by atoms with Crippen LogP contribution in [-0.2, 0) is 5.88 Å². The van der Waals surface area contributed by atoms with Gasteiger partial charge in [0.25, 0.3) is 0 Å². The van der Waals surface area contributed by atoms with Gasteiger partial charge in [-0.25, -0.2) is 0 Å². The second kappa shape index (κ2) is 5.07. The molecule has 88 valence electrons. The minimum Gasteiger partial charge on any atom is -0.368 e. The monoisotopic (exact) mass is 238 g/mol. The van der Waals surface area contributed by atoms with E-state index in [1.807, 2.05) is 0 Å². The molecule has 0 aliphatic carbocycles. The van der Waals surface area contributed by atoms with Crippen LogP contribution in [0.5, 0.6) is 0 Å². The highest BCUT2D eigenvalue weighted by atomic mass is 35.5. The summed E-state index contributed by atoms with van der Waals surface area (Å²) in [5.41, 5.74) is 2.54. The second-order valence-electron chi connectivity index (χ2n) is 4.54. The van der Waals surface area contributed by atoms with E-state index in [0.717, 1.165) is 19.6 Å². The van der Waals surface area contributed by atoms with Gasteiger partial charge in [0.15, 0.2) is 0 Å². The first kappa shape index (κ1) is 11.7. The Morgan fingerprint density at radius 1 is 1.31 bits per heavy atom. The minimum absolute atomic E-state index is 0.594. The van der Waals surface area contributed by atoms with Crippen LogP contribution in [0, 0.1) is 0 Å². The van der Waals surface area contributed by atoms with Crippen LogP contribution < -0.4 is 4.90 Å². The SMILES string of the molecule is CC1CN(c2ccccc2CCl)CCN1C. The number of nitrogens with zero attached hydrogens (tertiary/aromatic N) is 2. The highest BCUT2D eigenvalue weighted by Crippen LogP contribution is 2.24. The molecule has 1 aliphatic heterocycles. The third-order valence-electron chi connectivity index (χ3n) is 3.44. The van der Waals surface area contributed by atoms with Crippen molar-refractivity contribution in [3.8, 4) is 0 Å². The van der Waals surface area contributed by atoms with Gasteiger partial charge in [0.2, 0.25) is 0 Å². The van der Waals surface area contributed by atoms with Gasteiger partial charge in [-0.05, 0) is 25.6 Å². The molecular formula is C13H19ClN2. The molecule has 1 saturated heterocycles. The molecule has 1 aliphatic rings. The average Bonchev–Trinajstić information content (AvgIpc) is 2.32. The van der Waals surface area contributed by atoms with Crippen LogP contribution in [0.25, 0.3) is 0 Å². The molecule has 1 fully saturated rings. The maximum atomic E-state index is 5.98. The first-order valence-electron chi connectivity index (χ1n) is 5.81. The Kier molecular flexibility index (Phi) is 3.72. The molecule has 16 heavy (non-hydrogen) atoms. The first-order valence-corrected chi connectivity index (χ1v) is 6.35. The molecule has 1 atom stereocenters. The van der Waals surface area contributed by atoms with E-state index in [2.05, 4.69) is 48.0 Å². The van der Waals surface area contributed by atoms with Crippen molar-refractivity contribution in [2.75, 3.05) is 31.6 Å². The van der Waals surface area contributed by atoms with E-state index < -0.39 is 0 Å². The lowest BCUT2D eigenvalue weighted by atomic mass is 10.1. The number of hydrogen-bond acceptors (Lipinski definition) is 2.